The molecule has 0 aromatic heterocycles. The van der Waals surface area contributed by atoms with Crippen LogP contribution in [0.2, 0.25) is 0 Å². The molecule has 0 radical (unpaired) electrons. The number of carbonyl (C=O) groups is 1. The zero-order valence-electron chi connectivity index (χ0n) is 15.2. The molecule has 1 aromatic carbocycles. The third-order valence-electron chi connectivity index (χ3n) is 4.37. The van der Waals surface area contributed by atoms with Crippen molar-refractivity contribution in [2.45, 2.75) is 58.8 Å². The Hall–Kier alpha value is -1.60. The van der Waals surface area contributed by atoms with Gasteiger partial charge in [-0.05, 0) is 47.6 Å². The average molecular weight is 338 g/mol. The third-order valence-corrected chi connectivity index (χ3v) is 4.37. The van der Waals surface area contributed by atoms with Crippen LogP contribution in [0.5, 0.6) is 5.75 Å². The fourth-order valence-electron chi connectivity index (χ4n) is 2.34. The van der Waals surface area contributed by atoms with Crippen molar-refractivity contribution in [1.82, 2.24) is 0 Å². The van der Waals surface area contributed by atoms with Gasteiger partial charge in [-0.15, -0.1) is 0 Å². The third kappa shape index (κ3) is 3.42. The van der Waals surface area contributed by atoms with E-state index in [9.17, 15) is 9.18 Å². The minimum absolute atomic E-state index is 0.134. The Morgan fingerprint density at radius 2 is 1.71 bits per heavy atom. The number of halogens is 1. The van der Waals surface area contributed by atoms with Gasteiger partial charge >= 0.3 is 13.1 Å². The molecule has 0 bridgehead atoms. The Bertz CT molecular complexity index is 626. The van der Waals surface area contributed by atoms with Gasteiger partial charge in [0.2, 0.25) is 0 Å². The van der Waals surface area contributed by atoms with E-state index >= 15 is 0 Å². The molecule has 1 fully saturated rings. The zero-order chi connectivity index (χ0) is 18.3. The molecule has 0 unspecified atom stereocenters. The number of benzene rings is 1. The molecule has 0 spiro atoms. The van der Waals surface area contributed by atoms with Crippen LogP contribution >= 0.6 is 0 Å². The van der Waals surface area contributed by atoms with Gasteiger partial charge in [0.05, 0.1) is 24.4 Å². The molecule has 2 rings (SSSR count). The monoisotopic (exact) mass is 338 g/mol. The van der Waals surface area contributed by atoms with Crippen LogP contribution in [0.15, 0.2) is 12.1 Å². The van der Waals surface area contributed by atoms with Crippen LogP contribution in [0.1, 0.15) is 51.9 Å². The van der Waals surface area contributed by atoms with Crippen molar-refractivity contribution in [3.05, 3.63) is 23.5 Å². The predicted molar refractivity (Wildman–Crippen MR) is 89.2 cm³/mol. The van der Waals surface area contributed by atoms with E-state index in [1.54, 1.807) is 13.8 Å². The molecule has 0 amide bonds. The number of carbonyl (C=O) groups excluding carboxylic acids is 1. The van der Waals surface area contributed by atoms with Gasteiger partial charge in [-0.25, -0.2) is 9.18 Å². The van der Waals surface area contributed by atoms with E-state index in [1.807, 2.05) is 27.7 Å². The molecule has 1 aliphatic heterocycles. The van der Waals surface area contributed by atoms with Crippen LogP contribution in [0.25, 0.3) is 0 Å². The summed E-state index contributed by atoms with van der Waals surface area (Å²) in [5.41, 5.74) is -0.937. The van der Waals surface area contributed by atoms with Crippen molar-refractivity contribution in [2.24, 2.45) is 0 Å². The normalized spacial score (nSPS) is 18.8. The Morgan fingerprint density at radius 3 is 2.17 bits per heavy atom. The number of hydrogen-bond acceptors (Lipinski definition) is 5. The van der Waals surface area contributed by atoms with E-state index in [4.69, 9.17) is 18.8 Å². The van der Waals surface area contributed by atoms with E-state index in [0.717, 1.165) is 0 Å². The maximum Gasteiger partial charge on any atom is 0.497 e. The quantitative estimate of drug-likeness (QED) is 0.624. The van der Waals surface area contributed by atoms with Crippen LogP contribution in [-0.2, 0) is 14.0 Å². The molecule has 24 heavy (non-hydrogen) atoms. The minimum Gasteiger partial charge on any atom is -0.490 e. The Morgan fingerprint density at radius 1 is 1.17 bits per heavy atom. The lowest BCUT2D eigenvalue weighted by molar-refractivity contribution is 0.00578. The first-order valence-corrected chi connectivity index (χ1v) is 7.92. The second kappa shape index (κ2) is 6.37. The summed E-state index contributed by atoms with van der Waals surface area (Å²) in [5, 5.41) is 0. The van der Waals surface area contributed by atoms with Gasteiger partial charge in [0.15, 0.2) is 0 Å². The molecular formula is C17H24BFO5. The van der Waals surface area contributed by atoms with Gasteiger partial charge in [0, 0.05) is 11.5 Å². The van der Waals surface area contributed by atoms with E-state index in [-0.39, 0.29) is 22.9 Å². The van der Waals surface area contributed by atoms with Gasteiger partial charge in [-0.3, -0.25) is 0 Å². The molecule has 0 N–H and O–H groups in total. The van der Waals surface area contributed by atoms with Crippen molar-refractivity contribution in [2.75, 3.05) is 7.11 Å². The first-order valence-electron chi connectivity index (χ1n) is 7.92. The lowest BCUT2D eigenvalue weighted by Gasteiger charge is -2.32. The summed E-state index contributed by atoms with van der Waals surface area (Å²) < 4.78 is 36.6. The molecule has 5 nitrogen and oxygen atoms in total. The van der Waals surface area contributed by atoms with E-state index in [2.05, 4.69) is 0 Å². The molecule has 7 heteroatoms. The second-order valence-corrected chi connectivity index (χ2v) is 7.12. The number of esters is 1. The van der Waals surface area contributed by atoms with E-state index < -0.39 is 30.1 Å². The van der Waals surface area contributed by atoms with Crippen LogP contribution in [0.4, 0.5) is 4.39 Å². The van der Waals surface area contributed by atoms with Crippen molar-refractivity contribution < 1.29 is 28.0 Å². The molecule has 1 heterocycles. The highest BCUT2D eigenvalue weighted by atomic mass is 19.1. The molecule has 0 saturated carbocycles. The molecular weight excluding hydrogens is 314 g/mol. The van der Waals surface area contributed by atoms with Crippen molar-refractivity contribution in [3.8, 4) is 5.75 Å². The summed E-state index contributed by atoms with van der Waals surface area (Å²) >= 11 is 0. The summed E-state index contributed by atoms with van der Waals surface area (Å²) in [6, 6.07) is 2.55. The maximum atomic E-state index is 14.6. The predicted octanol–water partition coefficient (Wildman–Crippen LogP) is 2.70. The van der Waals surface area contributed by atoms with E-state index in [0.29, 0.717) is 0 Å². The van der Waals surface area contributed by atoms with Crippen molar-refractivity contribution in [1.29, 1.82) is 0 Å². The summed E-state index contributed by atoms with van der Waals surface area (Å²) in [6.45, 7) is 11.1. The van der Waals surface area contributed by atoms with Crippen LogP contribution < -0.4 is 10.2 Å². The smallest absolute Gasteiger partial charge is 0.490 e. The van der Waals surface area contributed by atoms with E-state index in [1.165, 1.54) is 19.2 Å². The molecule has 1 aliphatic rings. The Balaban J connectivity index is 2.47. The number of methoxy groups -OCH3 is 1. The first-order chi connectivity index (χ1) is 11.0. The summed E-state index contributed by atoms with van der Waals surface area (Å²) in [5.74, 6) is -1.03. The Labute approximate surface area is 142 Å². The fourth-order valence-corrected chi connectivity index (χ4v) is 2.34. The number of rotatable bonds is 4. The highest BCUT2D eigenvalue weighted by molar-refractivity contribution is 6.62. The highest BCUT2D eigenvalue weighted by Gasteiger charge is 2.52. The van der Waals surface area contributed by atoms with Gasteiger partial charge < -0.3 is 18.8 Å². The number of hydrogen-bond donors (Lipinski definition) is 0. The standard InChI is InChI=1S/C17H24BFO5/c1-10(2)22-14-9-13(19)12(8-11(14)15(20)21-7)18-23-16(3,4)17(5,6)24-18/h8-10H,1-7H3. The maximum absolute atomic E-state index is 14.6. The minimum atomic E-state index is -0.911. The average Bonchev–Trinajstić information content (AvgIpc) is 2.66. The lowest BCUT2D eigenvalue weighted by atomic mass is 9.77. The van der Waals surface area contributed by atoms with Crippen LogP contribution in [0, 0.1) is 5.82 Å². The van der Waals surface area contributed by atoms with Gasteiger partial charge in [-0.2, -0.15) is 0 Å². The molecule has 132 valence electrons. The number of ether oxygens (including phenoxy) is 2. The van der Waals surface area contributed by atoms with Crippen molar-refractivity contribution >= 4 is 18.6 Å². The molecule has 1 aromatic rings. The van der Waals surface area contributed by atoms with Gasteiger partial charge in [0.1, 0.15) is 17.1 Å². The molecule has 0 aliphatic carbocycles. The van der Waals surface area contributed by atoms with Gasteiger partial charge in [-0.1, -0.05) is 0 Å². The molecule has 0 atom stereocenters. The largest absolute Gasteiger partial charge is 0.497 e. The summed E-state index contributed by atoms with van der Waals surface area (Å²) in [4.78, 5) is 12.0. The van der Waals surface area contributed by atoms with Crippen LogP contribution in [-0.4, -0.2) is 37.5 Å². The second-order valence-electron chi connectivity index (χ2n) is 7.12. The molecule has 1 saturated heterocycles. The topological polar surface area (TPSA) is 54.0 Å². The lowest BCUT2D eigenvalue weighted by Crippen LogP contribution is -2.41. The van der Waals surface area contributed by atoms with Crippen molar-refractivity contribution in [3.63, 3.8) is 0 Å². The zero-order valence-corrected chi connectivity index (χ0v) is 15.2. The van der Waals surface area contributed by atoms with Gasteiger partial charge in [0.25, 0.3) is 0 Å². The summed E-state index contributed by atoms with van der Waals surface area (Å²) in [6.07, 6.45) is -0.212. The summed E-state index contributed by atoms with van der Waals surface area (Å²) in [7, 11) is 0.353. The SMILES string of the molecule is COC(=O)c1cc(B2OC(C)(C)C(C)(C)O2)c(F)cc1OC(C)C. The first kappa shape index (κ1) is 18.7. The van der Waals surface area contributed by atoms with Crippen LogP contribution in [0.3, 0.4) is 0 Å². The Kier molecular flexibility index (Phi) is 4.97. The fraction of sp³-hybridized carbons (Fsp3) is 0.588. The highest BCUT2D eigenvalue weighted by Crippen LogP contribution is 2.37.